The standard InChI is InChI=1S/C11H17N3O/c12-6-2-8-14(9-4-5-9)11(15)10-3-1-7-13-10/h9-10,13H,1-5,7-8H2/t10-/m0/s1. The van der Waals surface area contributed by atoms with Crippen LogP contribution in [0, 0.1) is 11.3 Å². The monoisotopic (exact) mass is 207 g/mol. The van der Waals surface area contributed by atoms with E-state index in [4.69, 9.17) is 5.26 Å². The molecule has 1 N–H and O–H groups in total. The van der Waals surface area contributed by atoms with Crippen molar-refractivity contribution in [2.45, 2.75) is 44.2 Å². The maximum Gasteiger partial charge on any atom is 0.239 e. The molecule has 1 aliphatic carbocycles. The van der Waals surface area contributed by atoms with E-state index in [2.05, 4.69) is 11.4 Å². The molecule has 1 aliphatic heterocycles. The molecule has 2 fully saturated rings. The molecule has 0 bridgehead atoms. The van der Waals surface area contributed by atoms with Gasteiger partial charge in [0.2, 0.25) is 5.91 Å². The third kappa shape index (κ3) is 2.48. The van der Waals surface area contributed by atoms with Crippen LogP contribution in [0.4, 0.5) is 0 Å². The van der Waals surface area contributed by atoms with E-state index in [0.717, 1.165) is 32.2 Å². The van der Waals surface area contributed by atoms with Crippen molar-refractivity contribution in [3.8, 4) is 6.07 Å². The number of carbonyl (C=O) groups is 1. The molecule has 4 heteroatoms. The normalized spacial score (nSPS) is 24.9. The van der Waals surface area contributed by atoms with Gasteiger partial charge in [-0.3, -0.25) is 4.79 Å². The average Bonchev–Trinajstić information content (AvgIpc) is 2.94. The minimum absolute atomic E-state index is 0.0179. The molecular weight excluding hydrogens is 190 g/mol. The van der Waals surface area contributed by atoms with Crippen LogP contribution in [0.15, 0.2) is 0 Å². The van der Waals surface area contributed by atoms with E-state index in [1.54, 1.807) is 0 Å². The predicted molar refractivity (Wildman–Crippen MR) is 56.0 cm³/mol. The highest BCUT2D eigenvalue weighted by Gasteiger charge is 2.36. The molecule has 82 valence electrons. The molecule has 0 spiro atoms. The maximum atomic E-state index is 12.1. The smallest absolute Gasteiger partial charge is 0.239 e. The molecule has 0 aromatic heterocycles. The van der Waals surface area contributed by atoms with Crippen molar-refractivity contribution in [1.29, 1.82) is 5.26 Å². The Morgan fingerprint density at radius 1 is 1.47 bits per heavy atom. The summed E-state index contributed by atoms with van der Waals surface area (Å²) in [4.78, 5) is 14.0. The Labute approximate surface area is 90.2 Å². The number of nitrogens with zero attached hydrogens (tertiary/aromatic N) is 2. The summed E-state index contributed by atoms with van der Waals surface area (Å²) in [6.07, 6.45) is 4.73. The third-order valence-electron chi connectivity index (χ3n) is 3.09. The summed E-state index contributed by atoms with van der Waals surface area (Å²) in [5, 5.41) is 11.8. The third-order valence-corrected chi connectivity index (χ3v) is 3.09. The Kier molecular flexibility index (Phi) is 3.22. The first kappa shape index (κ1) is 10.4. The SMILES string of the molecule is N#CCCN(C(=O)[C@@H]1CCCN1)C1CC1. The summed E-state index contributed by atoms with van der Waals surface area (Å²) in [5.74, 6) is 0.213. The maximum absolute atomic E-state index is 12.1. The van der Waals surface area contributed by atoms with Crippen LogP contribution in [0.25, 0.3) is 0 Å². The Morgan fingerprint density at radius 2 is 2.27 bits per heavy atom. The Bertz CT molecular complexity index is 274. The number of amides is 1. The minimum Gasteiger partial charge on any atom is -0.337 e. The van der Waals surface area contributed by atoms with Crippen LogP contribution in [-0.4, -0.2) is 36.0 Å². The molecule has 0 radical (unpaired) electrons. The second-order valence-electron chi connectivity index (χ2n) is 4.32. The molecule has 1 saturated heterocycles. The second kappa shape index (κ2) is 4.63. The molecule has 15 heavy (non-hydrogen) atoms. The molecule has 0 unspecified atom stereocenters. The van der Waals surface area contributed by atoms with Gasteiger partial charge in [-0.15, -0.1) is 0 Å². The van der Waals surface area contributed by atoms with Crippen molar-refractivity contribution < 1.29 is 4.79 Å². The summed E-state index contributed by atoms with van der Waals surface area (Å²) >= 11 is 0. The summed E-state index contributed by atoms with van der Waals surface area (Å²) in [6, 6.07) is 2.55. The van der Waals surface area contributed by atoms with E-state index in [9.17, 15) is 4.79 Å². The lowest BCUT2D eigenvalue weighted by Crippen LogP contribution is -2.45. The van der Waals surface area contributed by atoms with Crippen LogP contribution < -0.4 is 5.32 Å². The quantitative estimate of drug-likeness (QED) is 0.736. The van der Waals surface area contributed by atoms with Gasteiger partial charge in [0.05, 0.1) is 18.5 Å². The van der Waals surface area contributed by atoms with E-state index in [1.807, 2.05) is 4.90 Å². The Hall–Kier alpha value is -1.08. The van der Waals surface area contributed by atoms with Crippen molar-refractivity contribution in [3.05, 3.63) is 0 Å². The molecule has 4 nitrogen and oxygen atoms in total. The molecule has 1 amide bonds. The highest BCUT2D eigenvalue weighted by Crippen LogP contribution is 2.28. The summed E-state index contributed by atoms with van der Waals surface area (Å²) in [6.45, 7) is 1.56. The zero-order valence-corrected chi connectivity index (χ0v) is 8.91. The molecular formula is C11H17N3O. The van der Waals surface area contributed by atoms with Crippen molar-refractivity contribution >= 4 is 5.91 Å². The predicted octanol–water partition coefficient (Wildman–Crippen LogP) is 0.643. The topological polar surface area (TPSA) is 56.1 Å². The van der Waals surface area contributed by atoms with Gasteiger partial charge >= 0.3 is 0 Å². The van der Waals surface area contributed by atoms with Crippen LogP contribution in [0.1, 0.15) is 32.1 Å². The lowest BCUT2D eigenvalue weighted by Gasteiger charge is -2.24. The first-order chi connectivity index (χ1) is 7.33. The number of hydrogen-bond donors (Lipinski definition) is 1. The van der Waals surface area contributed by atoms with Gasteiger partial charge in [-0.05, 0) is 32.2 Å². The first-order valence-electron chi connectivity index (χ1n) is 5.73. The molecule has 1 saturated carbocycles. The van der Waals surface area contributed by atoms with E-state index >= 15 is 0 Å². The van der Waals surface area contributed by atoms with Gasteiger partial charge in [0, 0.05) is 12.6 Å². The van der Waals surface area contributed by atoms with Crippen LogP contribution >= 0.6 is 0 Å². The fraction of sp³-hybridized carbons (Fsp3) is 0.818. The van der Waals surface area contributed by atoms with Crippen molar-refractivity contribution in [3.63, 3.8) is 0 Å². The Balaban J connectivity index is 1.91. The molecule has 1 heterocycles. The minimum atomic E-state index is 0.0179. The van der Waals surface area contributed by atoms with Crippen LogP contribution in [0.2, 0.25) is 0 Å². The summed E-state index contributed by atoms with van der Waals surface area (Å²) in [7, 11) is 0. The highest BCUT2D eigenvalue weighted by molar-refractivity contribution is 5.82. The average molecular weight is 207 g/mol. The number of hydrogen-bond acceptors (Lipinski definition) is 3. The molecule has 2 rings (SSSR count). The molecule has 0 aromatic rings. The van der Waals surface area contributed by atoms with Gasteiger partial charge in [-0.2, -0.15) is 5.26 Å². The lowest BCUT2D eigenvalue weighted by atomic mass is 10.2. The van der Waals surface area contributed by atoms with E-state index in [0.29, 0.717) is 19.0 Å². The van der Waals surface area contributed by atoms with Gasteiger partial charge in [0.1, 0.15) is 0 Å². The van der Waals surface area contributed by atoms with Crippen molar-refractivity contribution in [2.75, 3.05) is 13.1 Å². The van der Waals surface area contributed by atoms with Crippen LogP contribution in [-0.2, 0) is 4.79 Å². The zero-order valence-electron chi connectivity index (χ0n) is 8.91. The number of nitriles is 1. The largest absolute Gasteiger partial charge is 0.337 e. The first-order valence-corrected chi connectivity index (χ1v) is 5.73. The van der Waals surface area contributed by atoms with Gasteiger partial charge in [-0.25, -0.2) is 0 Å². The number of carbonyl (C=O) groups excluding carboxylic acids is 1. The highest BCUT2D eigenvalue weighted by atomic mass is 16.2. The van der Waals surface area contributed by atoms with Gasteiger partial charge in [0.15, 0.2) is 0 Å². The summed E-state index contributed by atoms with van der Waals surface area (Å²) < 4.78 is 0. The van der Waals surface area contributed by atoms with E-state index in [-0.39, 0.29) is 11.9 Å². The van der Waals surface area contributed by atoms with Gasteiger partial charge < -0.3 is 10.2 Å². The molecule has 2 aliphatic rings. The fourth-order valence-corrected chi connectivity index (χ4v) is 2.12. The zero-order chi connectivity index (χ0) is 10.7. The number of rotatable bonds is 4. The van der Waals surface area contributed by atoms with E-state index < -0.39 is 0 Å². The van der Waals surface area contributed by atoms with Crippen LogP contribution in [0.5, 0.6) is 0 Å². The lowest BCUT2D eigenvalue weighted by molar-refractivity contribution is -0.133. The van der Waals surface area contributed by atoms with Crippen molar-refractivity contribution in [2.24, 2.45) is 0 Å². The summed E-state index contributed by atoms with van der Waals surface area (Å²) in [5.41, 5.74) is 0. The van der Waals surface area contributed by atoms with Gasteiger partial charge in [-0.1, -0.05) is 0 Å². The molecule has 0 aromatic carbocycles. The van der Waals surface area contributed by atoms with Crippen LogP contribution in [0.3, 0.4) is 0 Å². The van der Waals surface area contributed by atoms with Crippen molar-refractivity contribution in [1.82, 2.24) is 10.2 Å². The molecule has 1 atom stereocenters. The fourth-order valence-electron chi connectivity index (χ4n) is 2.12. The number of nitrogens with one attached hydrogen (secondary N) is 1. The Morgan fingerprint density at radius 3 is 2.80 bits per heavy atom. The van der Waals surface area contributed by atoms with E-state index in [1.165, 1.54) is 0 Å². The van der Waals surface area contributed by atoms with Gasteiger partial charge in [0.25, 0.3) is 0 Å². The second-order valence-corrected chi connectivity index (χ2v) is 4.32.